The van der Waals surface area contributed by atoms with Crippen LogP contribution in [0.2, 0.25) is 0 Å². The van der Waals surface area contributed by atoms with E-state index in [2.05, 4.69) is 0 Å². The summed E-state index contributed by atoms with van der Waals surface area (Å²) < 4.78 is 13.7. The van der Waals surface area contributed by atoms with Gasteiger partial charge in [-0.3, -0.25) is 0 Å². The van der Waals surface area contributed by atoms with Crippen molar-refractivity contribution in [2.75, 3.05) is 0 Å². The second-order valence-corrected chi connectivity index (χ2v) is 5.34. The first-order valence-corrected chi connectivity index (χ1v) is 6.26. The van der Waals surface area contributed by atoms with Gasteiger partial charge < -0.3 is 5.11 Å². The summed E-state index contributed by atoms with van der Waals surface area (Å²) in [5, 5.41) is 8.81. The molecule has 0 aliphatic heterocycles. The summed E-state index contributed by atoms with van der Waals surface area (Å²) in [6.07, 6.45) is 0. The van der Waals surface area contributed by atoms with Crippen LogP contribution in [0.25, 0.3) is 10.4 Å². The minimum atomic E-state index is -0.937. The summed E-state index contributed by atoms with van der Waals surface area (Å²) in [6, 6.07) is 7.76. The van der Waals surface area contributed by atoms with Crippen LogP contribution in [-0.2, 0) is 0 Å². The number of carbonyl (C=O) groups is 1. The van der Waals surface area contributed by atoms with Crippen LogP contribution in [0.4, 0.5) is 4.39 Å². The van der Waals surface area contributed by atoms with Crippen molar-refractivity contribution in [2.24, 2.45) is 0 Å². The number of carboxylic acid groups (broad SMARTS) is 1. The molecular weight excluding hydrogens is 342 g/mol. The molecule has 0 aliphatic rings. The summed E-state index contributed by atoms with van der Waals surface area (Å²) in [5.74, 6) is -1.23. The Balaban J connectivity index is 2.46. The molecule has 0 saturated heterocycles. The maximum Gasteiger partial charge on any atom is 0.345 e. The molecule has 5 heteroatoms. The van der Waals surface area contributed by atoms with E-state index in [9.17, 15) is 9.18 Å². The maximum atomic E-state index is 12.9. The smallest absolute Gasteiger partial charge is 0.345 e. The van der Waals surface area contributed by atoms with Crippen LogP contribution in [-0.4, -0.2) is 11.1 Å². The molecule has 1 heterocycles. The van der Waals surface area contributed by atoms with E-state index < -0.39 is 5.97 Å². The number of halogens is 2. The van der Waals surface area contributed by atoms with E-state index in [1.807, 2.05) is 22.6 Å². The van der Waals surface area contributed by atoms with Gasteiger partial charge in [0, 0.05) is 14.0 Å². The van der Waals surface area contributed by atoms with E-state index in [1.165, 1.54) is 23.5 Å². The minimum absolute atomic E-state index is 0.287. The van der Waals surface area contributed by atoms with Crippen LogP contribution in [0.5, 0.6) is 0 Å². The molecule has 0 spiro atoms. The third-order valence-corrected chi connectivity index (χ3v) is 4.01. The molecule has 0 atom stereocenters. The Morgan fingerprint density at radius 1 is 1.31 bits per heavy atom. The Labute approximate surface area is 109 Å². The number of hydrogen-bond acceptors (Lipinski definition) is 2. The Morgan fingerprint density at radius 2 is 2.06 bits per heavy atom. The molecule has 1 N–H and O–H groups in total. The molecular formula is C11H6FIO2S. The number of benzene rings is 1. The van der Waals surface area contributed by atoms with Crippen molar-refractivity contribution >= 4 is 39.9 Å². The number of carboxylic acids is 1. The van der Waals surface area contributed by atoms with Crippen molar-refractivity contribution in [2.45, 2.75) is 0 Å². The van der Waals surface area contributed by atoms with Crippen molar-refractivity contribution in [3.63, 3.8) is 0 Å². The molecule has 0 radical (unpaired) electrons. The normalized spacial score (nSPS) is 10.4. The lowest BCUT2D eigenvalue weighted by atomic mass is 10.2. The van der Waals surface area contributed by atoms with Gasteiger partial charge in [-0.2, -0.15) is 0 Å². The lowest BCUT2D eigenvalue weighted by molar-refractivity contribution is 0.0702. The molecule has 0 amide bonds. The number of thiophene rings is 1. The van der Waals surface area contributed by atoms with Gasteiger partial charge in [0.25, 0.3) is 0 Å². The van der Waals surface area contributed by atoms with Gasteiger partial charge in [-0.1, -0.05) is 0 Å². The second-order valence-electron chi connectivity index (χ2n) is 3.09. The Bertz CT molecular complexity index is 551. The number of hydrogen-bond donors (Lipinski definition) is 1. The minimum Gasteiger partial charge on any atom is -0.477 e. The highest BCUT2D eigenvalue weighted by Gasteiger charge is 2.10. The first-order valence-electron chi connectivity index (χ1n) is 4.36. The first kappa shape index (κ1) is 11.5. The third-order valence-electron chi connectivity index (χ3n) is 2.01. The van der Waals surface area contributed by atoms with Crippen molar-refractivity contribution in [3.05, 3.63) is 44.6 Å². The van der Waals surface area contributed by atoms with E-state index in [4.69, 9.17) is 5.11 Å². The molecule has 2 aromatic rings. The standard InChI is InChI=1S/C11H6FIO2S/c12-6-1-2-7(8(13)5-6)9-3-4-10(16-9)11(14)15/h1-5H,(H,14,15). The Hall–Kier alpha value is -0.950. The average Bonchev–Trinajstić information content (AvgIpc) is 2.66. The highest BCUT2D eigenvalue weighted by molar-refractivity contribution is 14.1. The highest BCUT2D eigenvalue weighted by atomic mass is 127. The van der Waals surface area contributed by atoms with Gasteiger partial charge in [0.2, 0.25) is 0 Å². The molecule has 82 valence electrons. The first-order chi connectivity index (χ1) is 7.58. The number of rotatable bonds is 2. The lowest BCUT2D eigenvalue weighted by Crippen LogP contribution is -1.89. The van der Waals surface area contributed by atoms with Crippen LogP contribution < -0.4 is 0 Å². The van der Waals surface area contributed by atoms with E-state index in [1.54, 1.807) is 18.2 Å². The summed E-state index contributed by atoms with van der Waals surface area (Å²) >= 11 is 3.22. The van der Waals surface area contributed by atoms with E-state index in [-0.39, 0.29) is 10.7 Å². The van der Waals surface area contributed by atoms with Gasteiger partial charge in [0.1, 0.15) is 10.7 Å². The van der Waals surface area contributed by atoms with Crippen LogP contribution in [0.3, 0.4) is 0 Å². The zero-order valence-corrected chi connectivity index (χ0v) is 10.9. The zero-order valence-electron chi connectivity index (χ0n) is 7.91. The quantitative estimate of drug-likeness (QED) is 0.837. The molecule has 2 rings (SSSR count). The molecule has 0 aliphatic carbocycles. The molecule has 1 aromatic heterocycles. The van der Waals surface area contributed by atoms with E-state index in [0.29, 0.717) is 0 Å². The maximum absolute atomic E-state index is 12.9. The molecule has 1 aromatic carbocycles. The van der Waals surface area contributed by atoms with Gasteiger partial charge in [-0.15, -0.1) is 11.3 Å². The monoisotopic (exact) mass is 348 g/mol. The van der Waals surface area contributed by atoms with Gasteiger partial charge in [0.05, 0.1) is 0 Å². The molecule has 0 bridgehead atoms. The zero-order chi connectivity index (χ0) is 11.7. The fraction of sp³-hybridized carbons (Fsp3) is 0. The van der Waals surface area contributed by atoms with Crippen molar-refractivity contribution in [1.82, 2.24) is 0 Å². The van der Waals surface area contributed by atoms with Crippen LogP contribution >= 0.6 is 33.9 Å². The second kappa shape index (κ2) is 4.50. The Morgan fingerprint density at radius 3 is 2.62 bits per heavy atom. The Kier molecular flexibility index (Phi) is 3.25. The van der Waals surface area contributed by atoms with Gasteiger partial charge >= 0.3 is 5.97 Å². The summed E-state index contributed by atoms with van der Waals surface area (Å²) in [7, 11) is 0. The van der Waals surface area contributed by atoms with Crippen molar-refractivity contribution in [3.8, 4) is 10.4 Å². The van der Waals surface area contributed by atoms with Gasteiger partial charge in [-0.05, 0) is 52.9 Å². The van der Waals surface area contributed by atoms with Crippen molar-refractivity contribution in [1.29, 1.82) is 0 Å². The largest absolute Gasteiger partial charge is 0.477 e. The predicted molar refractivity (Wildman–Crippen MR) is 69.4 cm³/mol. The molecule has 0 fully saturated rings. The van der Waals surface area contributed by atoms with Crippen LogP contribution in [0.1, 0.15) is 9.67 Å². The molecule has 2 nitrogen and oxygen atoms in total. The van der Waals surface area contributed by atoms with Gasteiger partial charge in [0.15, 0.2) is 0 Å². The van der Waals surface area contributed by atoms with E-state index in [0.717, 1.165) is 14.0 Å². The molecule has 16 heavy (non-hydrogen) atoms. The summed E-state index contributed by atoms with van der Waals surface area (Å²) in [4.78, 5) is 11.9. The SMILES string of the molecule is O=C(O)c1ccc(-c2ccc(F)cc2I)s1. The summed E-state index contributed by atoms with van der Waals surface area (Å²) in [5.41, 5.74) is 0.861. The highest BCUT2D eigenvalue weighted by Crippen LogP contribution is 2.31. The number of aromatic carboxylic acids is 1. The third kappa shape index (κ3) is 2.25. The van der Waals surface area contributed by atoms with Crippen molar-refractivity contribution < 1.29 is 14.3 Å². The summed E-state index contributed by atoms with van der Waals surface area (Å²) in [6.45, 7) is 0. The predicted octanol–water partition coefficient (Wildman–Crippen LogP) is 3.86. The lowest BCUT2D eigenvalue weighted by Gasteiger charge is -2.00. The van der Waals surface area contributed by atoms with Crippen LogP contribution in [0.15, 0.2) is 30.3 Å². The molecule has 0 unspecified atom stereocenters. The van der Waals surface area contributed by atoms with Crippen LogP contribution in [0, 0.1) is 9.39 Å². The van der Waals surface area contributed by atoms with E-state index >= 15 is 0 Å². The van der Waals surface area contributed by atoms with Gasteiger partial charge in [-0.25, -0.2) is 9.18 Å². The molecule has 0 saturated carbocycles. The fourth-order valence-corrected chi connectivity index (χ4v) is 3.12. The topological polar surface area (TPSA) is 37.3 Å². The average molecular weight is 348 g/mol. The fourth-order valence-electron chi connectivity index (χ4n) is 1.29.